The van der Waals surface area contributed by atoms with Crippen LogP contribution in [0.3, 0.4) is 0 Å². The van der Waals surface area contributed by atoms with E-state index < -0.39 is 0 Å². The largest absolute Gasteiger partial charge is 0.383 e. The lowest BCUT2D eigenvalue weighted by atomic mass is 9.70. The highest BCUT2D eigenvalue weighted by Crippen LogP contribution is 2.54. The Hall–Kier alpha value is -2.74. The number of likely N-dealkylation sites (N-methyl/N-ethyl adjacent to an activating group) is 1. The molecule has 0 spiro atoms. The van der Waals surface area contributed by atoms with E-state index in [4.69, 9.17) is 5.73 Å². The average Bonchev–Trinajstić information content (AvgIpc) is 2.96. The van der Waals surface area contributed by atoms with Crippen LogP contribution in [0.2, 0.25) is 0 Å². The Morgan fingerprint density at radius 3 is 2.83 bits per heavy atom. The van der Waals surface area contributed by atoms with E-state index in [1.165, 1.54) is 11.3 Å². The van der Waals surface area contributed by atoms with Crippen molar-refractivity contribution in [1.29, 1.82) is 5.26 Å². The van der Waals surface area contributed by atoms with Crippen LogP contribution < -0.4 is 16.0 Å². The van der Waals surface area contributed by atoms with Crippen molar-refractivity contribution in [2.24, 2.45) is 0 Å². The van der Waals surface area contributed by atoms with Gasteiger partial charge < -0.3 is 16.0 Å². The summed E-state index contributed by atoms with van der Waals surface area (Å²) < 4.78 is 0. The number of benzene rings is 1. The zero-order valence-corrected chi connectivity index (χ0v) is 13.5. The van der Waals surface area contributed by atoms with Crippen LogP contribution in [0.5, 0.6) is 0 Å². The van der Waals surface area contributed by atoms with E-state index in [-0.39, 0.29) is 17.5 Å². The number of nitrogens with two attached hydrogens (primary N) is 1. The normalized spacial score (nSPS) is 23.3. The minimum Gasteiger partial charge on any atom is -0.383 e. The predicted octanol–water partition coefficient (Wildman–Crippen LogP) is 2.80. The second kappa shape index (κ2) is 4.39. The molecule has 0 bridgehead atoms. The van der Waals surface area contributed by atoms with E-state index in [1.807, 2.05) is 0 Å². The van der Waals surface area contributed by atoms with Gasteiger partial charge in [0.2, 0.25) is 0 Å². The summed E-state index contributed by atoms with van der Waals surface area (Å²) in [4.78, 5) is 6.49. The lowest BCUT2D eigenvalue weighted by Crippen LogP contribution is -2.50. The SMILES string of the molecule is CN1c2ccccc2C(C)(C)C2Nc3c(C#N)cnc(N)c3C21. The molecule has 0 radical (unpaired) electrons. The summed E-state index contributed by atoms with van der Waals surface area (Å²) >= 11 is 0. The van der Waals surface area contributed by atoms with Gasteiger partial charge in [0.1, 0.15) is 11.9 Å². The second-order valence-electron chi connectivity index (χ2n) is 6.87. The Bertz CT molecular complexity index is 849. The minimum atomic E-state index is -0.0913. The molecule has 1 aromatic heterocycles. The number of anilines is 3. The summed E-state index contributed by atoms with van der Waals surface area (Å²) in [6.07, 6.45) is 1.55. The number of nitrogens with zero attached hydrogens (tertiary/aromatic N) is 3. The lowest BCUT2D eigenvalue weighted by Gasteiger charge is -2.47. The van der Waals surface area contributed by atoms with Gasteiger partial charge in [0, 0.05) is 29.9 Å². The fourth-order valence-electron chi connectivity index (χ4n) is 4.12. The van der Waals surface area contributed by atoms with Crippen molar-refractivity contribution in [1.82, 2.24) is 4.98 Å². The summed E-state index contributed by atoms with van der Waals surface area (Å²) in [5, 5.41) is 13.0. The second-order valence-corrected chi connectivity index (χ2v) is 6.87. The lowest BCUT2D eigenvalue weighted by molar-refractivity contribution is 0.368. The number of aromatic nitrogens is 1. The number of nitrogen functional groups attached to an aromatic ring is 1. The van der Waals surface area contributed by atoms with Crippen molar-refractivity contribution in [2.75, 3.05) is 23.0 Å². The standard InChI is InChI=1S/C18H19N5/c1-18(2)11-6-4-5-7-12(11)23(3)15-13-14(22-16(15)18)10(8-19)9-21-17(13)20/h4-7,9,15-16,22H,1-3H3,(H2,20,21). The summed E-state index contributed by atoms with van der Waals surface area (Å²) in [5.74, 6) is 0.501. The third-order valence-corrected chi connectivity index (χ3v) is 5.35. The minimum absolute atomic E-state index is 0.0655. The molecule has 2 aliphatic heterocycles. The van der Waals surface area contributed by atoms with Gasteiger partial charge in [-0.2, -0.15) is 5.26 Å². The van der Waals surface area contributed by atoms with Gasteiger partial charge in [0.15, 0.2) is 0 Å². The first-order valence-corrected chi connectivity index (χ1v) is 7.74. The Morgan fingerprint density at radius 1 is 1.35 bits per heavy atom. The number of nitriles is 1. The van der Waals surface area contributed by atoms with E-state index in [2.05, 4.69) is 66.4 Å². The molecule has 2 aliphatic rings. The molecule has 0 saturated heterocycles. The summed E-state index contributed by atoms with van der Waals surface area (Å²) in [7, 11) is 2.08. The third kappa shape index (κ3) is 1.63. The Morgan fingerprint density at radius 2 is 2.09 bits per heavy atom. The highest BCUT2D eigenvalue weighted by atomic mass is 15.2. The van der Waals surface area contributed by atoms with Gasteiger partial charge in [0.05, 0.1) is 23.3 Å². The molecule has 0 saturated carbocycles. The molecule has 3 heterocycles. The van der Waals surface area contributed by atoms with Gasteiger partial charge in [-0.05, 0) is 11.6 Å². The first-order valence-electron chi connectivity index (χ1n) is 7.74. The van der Waals surface area contributed by atoms with E-state index in [9.17, 15) is 5.26 Å². The van der Waals surface area contributed by atoms with E-state index in [0.29, 0.717) is 11.4 Å². The summed E-state index contributed by atoms with van der Waals surface area (Å²) in [6.45, 7) is 4.48. The van der Waals surface area contributed by atoms with Gasteiger partial charge in [-0.1, -0.05) is 32.0 Å². The molecule has 4 rings (SSSR count). The molecule has 5 heteroatoms. The van der Waals surface area contributed by atoms with Crippen molar-refractivity contribution in [3.8, 4) is 6.07 Å². The molecule has 0 aliphatic carbocycles. The zero-order chi connectivity index (χ0) is 16.4. The number of hydrogen-bond donors (Lipinski definition) is 2. The van der Waals surface area contributed by atoms with Crippen LogP contribution in [-0.2, 0) is 5.41 Å². The number of hydrogen-bond acceptors (Lipinski definition) is 5. The van der Waals surface area contributed by atoms with Crippen molar-refractivity contribution in [3.05, 3.63) is 47.2 Å². The third-order valence-electron chi connectivity index (χ3n) is 5.35. The first-order chi connectivity index (χ1) is 11.0. The fraction of sp³-hybridized carbons (Fsp3) is 0.333. The van der Waals surface area contributed by atoms with Gasteiger partial charge >= 0.3 is 0 Å². The number of rotatable bonds is 0. The number of nitrogens with one attached hydrogen (secondary N) is 1. The number of fused-ring (bicyclic) bond motifs is 4. The summed E-state index contributed by atoms with van der Waals surface area (Å²) in [6, 6.07) is 10.9. The highest BCUT2D eigenvalue weighted by molar-refractivity contribution is 5.78. The quantitative estimate of drug-likeness (QED) is 0.782. The molecule has 3 N–H and O–H groups in total. The number of para-hydroxylation sites is 1. The van der Waals surface area contributed by atoms with Crippen LogP contribution >= 0.6 is 0 Å². The van der Waals surface area contributed by atoms with Crippen LogP contribution in [-0.4, -0.2) is 18.1 Å². The summed E-state index contributed by atoms with van der Waals surface area (Å²) in [5.41, 5.74) is 10.9. The van der Waals surface area contributed by atoms with E-state index >= 15 is 0 Å². The zero-order valence-electron chi connectivity index (χ0n) is 13.5. The maximum atomic E-state index is 9.41. The van der Waals surface area contributed by atoms with Crippen LogP contribution in [0.1, 0.15) is 36.6 Å². The van der Waals surface area contributed by atoms with Crippen LogP contribution in [0.25, 0.3) is 0 Å². The van der Waals surface area contributed by atoms with Crippen molar-refractivity contribution in [2.45, 2.75) is 31.3 Å². The molecule has 2 unspecified atom stereocenters. The van der Waals surface area contributed by atoms with Crippen LogP contribution in [0, 0.1) is 11.3 Å². The Balaban J connectivity index is 1.99. The molecule has 0 fully saturated rings. The van der Waals surface area contributed by atoms with Gasteiger partial charge in [-0.15, -0.1) is 0 Å². The Labute approximate surface area is 135 Å². The molecule has 23 heavy (non-hydrogen) atoms. The smallest absolute Gasteiger partial charge is 0.130 e. The molecular formula is C18H19N5. The van der Waals surface area contributed by atoms with Crippen molar-refractivity contribution in [3.63, 3.8) is 0 Å². The fourth-order valence-corrected chi connectivity index (χ4v) is 4.12. The molecule has 2 aromatic rings. The molecule has 0 amide bonds. The van der Waals surface area contributed by atoms with Gasteiger partial charge in [0.25, 0.3) is 0 Å². The van der Waals surface area contributed by atoms with Crippen LogP contribution in [0.4, 0.5) is 17.2 Å². The number of pyridine rings is 1. The average molecular weight is 305 g/mol. The Kier molecular flexibility index (Phi) is 2.65. The highest BCUT2D eigenvalue weighted by Gasteiger charge is 2.51. The van der Waals surface area contributed by atoms with Crippen molar-refractivity contribution >= 4 is 17.2 Å². The van der Waals surface area contributed by atoms with Gasteiger partial charge in [-0.25, -0.2) is 4.98 Å². The maximum absolute atomic E-state index is 9.41. The van der Waals surface area contributed by atoms with E-state index in [1.54, 1.807) is 6.20 Å². The monoisotopic (exact) mass is 305 g/mol. The predicted molar refractivity (Wildman–Crippen MR) is 91.4 cm³/mol. The molecule has 2 atom stereocenters. The van der Waals surface area contributed by atoms with Crippen LogP contribution in [0.15, 0.2) is 30.5 Å². The van der Waals surface area contributed by atoms with E-state index in [0.717, 1.165) is 11.3 Å². The molecule has 1 aromatic carbocycles. The maximum Gasteiger partial charge on any atom is 0.130 e. The van der Waals surface area contributed by atoms with Gasteiger partial charge in [-0.3, -0.25) is 0 Å². The molecular weight excluding hydrogens is 286 g/mol. The van der Waals surface area contributed by atoms with Crippen molar-refractivity contribution < 1.29 is 0 Å². The molecule has 5 nitrogen and oxygen atoms in total. The first kappa shape index (κ1) is 13.9. The molecule has 116 valence electrons. The topological polar surface area (TPSA) is 78.0 Å².